The third kappa shape index (κ3) is 3.72. The quantitative estimate of drug-likeness (QED) is 0.493. The predicted octanol–water partition coefficient (Wildman–Crippen LogP) is 3.74. The Bertz CT molecular complexity index is 1230. The van der Waals surface area contributed by atoms with Crippen molar-refractivity contribution in [1.82, 2.24) is 24.6 Å². The van der Waals surface area contributed by atoms with Crippen LogP contribution >= 0.6 is 11.6 Å². The molecule has 1 amide bonds. The predicted molar refractivity (Wildman–Crippen MR) is 121 cm³/mol. The summed E-state index contributed by atoms with van der Waals surface area (Å²) in [6, 6.07) is 17.0. The first-order valence-electron chi connectivity index (χ1n) is 10.2. The lowest BCUT2D eigenvalue weighted by Crippen LogP contribution is -2.49. The first kappa shape index (κ1) is 19.5. The number of benzene rings is 2. The maximum atomic E-state index is 12.8. The lowest BCUT2D eigenvalue weighted by atomic mass is 10.2. The molecule has 0 spiro atoms. The summed E-state index contributed by atoms with van der Waals surface area (Å²) in [6.45, 7) is 4.53. The molecule has 4 aromatic rings. The second-order valence-corrected chi connectivity index (χ2v) is 7.95. The van der Waals surface area contributed by atoms with Crippen LogP contribution in [-0.2, 0) is 0 Å². The molecule has 1 fully saturated rings. The van der Waals surface area contributed by atoms with Crippen LogP contribution in [0.3, 0.4) is 0 Å². The second kappa shape index (κ2) is 8.00. The van der Waals surface area contributed by atoms with Gasteiger partial charge in [0.25, 0.3) is 5.91 Å². The summed E-state index contributed by atoms with van der Waals surface area (Å²) in [5.74, 6) is 1.58. The van der Waals surface area contributed by atoms with Crippen LogP contribution in [0.5, 0.6) is 0 Å². The summed E-state index contributed by atoms with van der Waals surface area (Å²) in [5.41, 5.74) is 2.40. The minimum Gasteiger partial charge on any atom is -0.352 e. The van der Waals surface area contributed by atoms with Crippen molar-refractivity contribution in [3.63, 3.8) is 0 Å². The Morgan fingerprint density at radius 1 is 0.935 bits per heavy atom. The van der Waals surface area contributed by atoms with Gasteiger partial charge in [-0.15, -0.1) is 0 Å². The van der Waals surface area contributed by atoms with Gasteiger partial charge in [-0.2, -0.15) is 5.10 Å². The van der Waals surface area contributed by atoms with E-state index in [1.807, 2.05) is 53.0 Å². The number of halogens is 1. The van der Waals surface area contributed by atoms with E-state index >= 15 is 0 Å². The van der Waals surface area contributed by atoms with Crippen molar-refractivity contribution in [1.29, 1.82) is 0 Å². The van der Waals surface area contributed by atoms with Crippen LogP contribution in [-0.4, -0.2) is 56.7 Å². The molecule has 5 rings (SSSR count). The SMILES string of the molecule is Cc1nc(N2CCN(C(=O)c3ccc(Cl)cc3)CC2)c2cnn(-c3ccccc3)c2n1. The zero-order valence-electron chi connectivity index (χ0n) is 17.1. The molecule has 0 atom stereocenters. The van der Waals surface area contributed by atoms with Gasteiger partial charge in [0.1, 0.15) is 11.6 Å². The average molecular weight is 433 g/mol. The van der Waals surface area contributed by atoms with E-state index in [9.17, 15) is 4.79 Å². The molecule has 8 heteroatoms. The van der Waals surface area contributed by atoms with Crippen LogP contribution in [0.4, 0.5) is 5.82 Å². The Balaban J connectivity index is 1.39. The summed E-state index contributed by atoms with van der Waals surface area (Å²) in [4.78, 5) is 26.2. The molecule has 1 aliphatic heterocycles. The highest BCUT2D eigenvalue weighted by Crippen LogP contribution is 2.27. The molecule has 7 nitrogen and oxygen atoms in total. The van der Waals surface area contributed by atoms with Gasteiger partial charge in [0.2, 0.25) is 0 Å². The molecule has 1 saturated heterocycles. The maximum Gasteiger partial charge on any atom is 0.253 e. The van der Waals surface area contributed by atoms with E-state index < -0.39 is 0 Å². The van der Waals surface area contributed by atoms with Crippen LogP contribution in [0.15, 0.2) is 60.8 Å². The standard InChI is InChI=1S/C23H21ClN6O/c1-16-26-21(20-15-25-30(22(20)27-16)19-5-3-2-4-6-19)28-11-13-29(14-12-28)23(31)17-7-9-18(24)10-8-17/h2-10,15H,11-14H2,1H3. The fourth-order valence-electron chi connectivity index (χ4n) is 3.89. The highest BCUT2D eigenvalue weighted by atomic mass is 35.5. The average Bonchev–Trinajstić information content (AvgIpc) is 3.23. The number of aryl methyl sites for hydroxylation is 1. The van der Waals surface area contributed by atoms with Crippen LogP contribution in [0.25, 0.3) is 16.7 Å². The van der Waals surface area contributed by atoms with Crippen molar-refractivity contribution >= 4 is 34.4 Å². The lowest BCUT2D eigenvalue weighted by molar-refractivity contribution is 0.0746. The number of aromatic nitrogens is 4. The Labute approximate surface area is 184 Å². The maximum absolute atomic E-state index is 12.8. The fraction of sp³-hybridized carbons (Fsp3) is 0.217. The third-order valence-electron chi connectivity index (χ3n) is 5.48. The molecule has 3 heterocycles. The number of anilines is 1. The Morgan fingerprint density at radius 2 is 1.65 bits per heavy atom. The first-order valence-corrected chi connectivity index (χ1v) is 10.6. The Morgan fingerprint density at radius 3 is 2.35 bits per heavy atom. The lowest BCUT2D eigenvalue weighted by Gasteiger charge is -2.35. The number of nitrogens with zero attached hydrogens (tertiary/aromatic N) is 6. The molecule has 2 aromatic carbocycles. The summed E-state index contributed by atoms with van der Waals surface area (Å²) in [5, 5.41) is 6.10. The number of para-hydroxylation sites is 1. The second-order valence-electron chi connectivity index (χ2n) is 7.51. The van der Waals surface area contributed by atoms with Gasteiger partial charge in [-0.05, 0) is 43.3 Å². The molecule has 0 saturated carbocycles. The highest BCUT2D eigenvalue weighted by molar-refractivity contribution is 6.30. The van der Waals surface area contributed by atoms with E-state index in [0.717, 1.165) is 22.5 Å². The number of amides is 1. The van der Waals surface area contributed by atoms with E-state index in [2.05, 4.69) is 15.0 Å². The Hall–Kier alpha value is -3.45. The molecule has 0 bridgehead atoms. The minimum absolute atomic E-state index is 0.0252. The first-order chi connectivity index (χ1) is 15.1. The van der Waals surface area contributed by atoms with Crippen molar-refractivity contribution in [2.75, 3.05) is 31.1 Å². The summed E-state index contributed by atoms with van der Waals surface area (Å²) < 4.78 is 1.84. The summed E-state index contributed by atoms with van der Waals surface area (Å²) >= 11 is 5.94. The van der Waals surface area contributed by atoms with Crippen molar-refractivity contribution in [2.24, 2.45) is 0 Å². The van der Waals surface area contributed by atoms with E-state index in [-0.39, 0.29) is 5.91 Å². The largest absolute Gasteiger partial charge is 0.352 e. The zero-order valence-corrected chi connectivity index (χ0v) is 17.8. The number of hydrogen-bond donors (Lipinski definition) is 0. The highest BCUT2D eigenvalue weighted by Gasteiger charge is 2.25. The molecule has 1 aliphatic rings. The normalized spacial score (nSPS) is 14.3. The van der Waals surface area contributed by atoms with Gasteiger partial charge in [-0.25, -0.2) is 14.6 Å². The molecule has 156 valence electrons. The zero-order chi connectivity index (χ0) is 21.4. The van der Waals surface area contributed by atoms with Crippen LogP contribution in [0.2, 0.25) is 5.02 Å². The van der Waals surface area contributed by atoms with E-state index in [1.165, 1.54) is 0 Å². The molecule has 0 radical (unpaired) electrons. The van der Waals surface area contributed by atoms with Gasteiger partial charge >= 0.3 is 0 Å². The minimum atomic E-state index is 0.0252. The van der Waals surface area contributed by atoms with Gasteiger partial charge in [0.05, 0.1) is 17.3 Å². The van der Waals surface area contributed by atoms with Crippen molar-refractivity contribution < 1.29 is 4.79 Å². The van der Waals surface area contributed by atoms with Gasteiger partial charge < -0.3 is 9.80 Å². The number of rotatable bonds is 3. The van der Waals surface area contributed by atoms with Gasteiger partial charge in [0.15, 0.2) is 5.65 Å². The van der Waals surface area contributed by atoms with E-state index in [0.29, 0.717) is 42.6 Å². The molecule has 0 unspecified atom stereocenters. The molecule has 0 N–H and O–H groups in total. The summed E-state index contributed by atoms with van der Waals surface area (Å²) in [7, 11) is 0. The van der Waals surface area contributed by atoms with Crippen molar-refractivity contribution in [2.45, 2.75) is 6.92 Å². The number of hydrogen-bond acceptors (Lipinski definition) is 5. The molecular weight excluding hydrogens is 412 g/mol. The van der Waals surface area contributed by atoms with Crippen LogP contribution < -0.4 is 4.90 Å². The van der Waals surface area contributed by atoms with Crippen LogP contribution in [0, 0.1) is 6.92 Å². The monoisotopic (exact) mass is 432 g/mol. The number of fused-ring (bicyclic) bond motifs is 1. The van der Waals surface area contributed by atoms with E-state index in [4.69, 9.17) is 16.6 Å². The topological polar surface area (TPSA) is 67.2 Å². The van der Waals surface area contributed by atoms with Crippen molar-refractivity contribution in [3.8, 4) is 5.69 Å². The van der Waals surface area contributed by atoms with Gasteiger partial charge in [0, 0.05) is 36.8 Å². The molecular formula is C23H21ClN6O. The van der Waals surface area contributed by atoms with Gasteiger partial charge in [-0.3, -0.25) is 4.79 Å². The Kier molecular flexibility index (Phi) is 5.03. The number of carbonyl (C=O) groups excluding carboxylic acids is 1. The van der Waals surface area contributed by atoms with Crippen LogP contribution in [0.1, 0.15) is 16.2 Å². The summed E-state index contributed by atoms with van der Waals surface area (Å²) in [6.07, 6.45) is 1.82. The smallest absolute Gasteiger partial charge is 0.253 e. The molecule has 0 aliphatic carbocycles. The molecule has 2 aromatic heterocycles. The van der Waals surface area contributed by atoms with E-state index in [1.54, 1.807) is 24.3 Å². The fourth-order valence-corrected chi connectivity index (χ4v) is 4.02. The third-order valence-corrected chi connectivity index (χ3v) is 5.73. The van der Waals surface area contributed by atoms with Crippen molar-refractivity contribution in [3.05, 3.63) is 77.2 Å². The molecule has 31 heavy (non-hydrogen) atoms. The number of piperazine rings is 1. The van der Waals surface area contributed by atoms with Gasteiger partial charge in [-0.1, -0.05) is 29.8 Å². The number of carbonyl (C=O) groups is 1.